The zero-order valence-corrected chi connectivity index (χ0v) is 14.0. The Hall–Kier alpha value is -2.21. The largest absolute Gasteiger partial charge is 0.394 e. The summed E-state index contributed by atoms with van der Waals surface area (Å²) in [7, 11) is 0. The number of piperidine rings is 1. The lowest BCUT2D eigenvalue weighted by Gasteiger charge is -2.33. The van der Waals surface area contributed by atoms with Crippen LogP contribution in [0.25, 0.3) is 10.9 Å². The molecule has 1 aromatic carbocycles. The van der Waals surface area contributed by atoms with Crippen molar-refractivity contribution < 1.29 is 9.90 Å². The number of hydrogen-bond donors (Lipinski definition) is 2. The Morgan fingerprint density at radius 1 is 1.33 bits per heavy atom. The molecular formula is C18H24N4O2. The Kier molecular flexibility index (Phi) is 5.25. The Morgan fingerprint density at radius 2 is 2.08 bits per heavy atom. The van der Waals surface area contributed by atoms with Gasteiger partial charge in [0.05, 0.1) is 18.2 Å². The van der Waals surface area contributed by atoms with Crippen LogP contribution < -0.4 is 10.2 Å². The molecule has 1 atom stereocenters. The third-order valence-electron chi connectivity index (χ3n) is 4.75. The fourth-order valence-corrected chi connectivity index (χ4v) is 3.19. The average Bonchev–Trinajstić information content (AvgIpc) is 2.65. The number of para-hydroxylation sites is 1. The van der Waals surface area contributed by atoms with Crippen LogP contribution in [0.2, 0.25) is 0 Å². The van der Waals surface area contributed by atoms with Gasteiger partial charge < -0.3 is 15.3 Å². The molecule has 0 saturated carbocycles. The van der Waals surface area contributed by atoms with E-state index in [0.717, 1.165) is 49.1 Å². The third-order valence-corrected chi connectivity index (χ3v) is 4.75. The molecular weight excluding hydrogens is 304 g/mol. The van der Waals surface area contributed by atoms with Crippen LogP contribution in [-0.4, -0.2) is 46.7 Å². The third kappa shape index (κ3) is 3.48. The smallest absolute Gasteiger partial charge is 0.223 e. The van der Waals surface area contributed by atoms with Crippen molar-refractivity contribution >= 4 is 22.6 Å². The van der Waals surface area contributed by atoms with Crippen LogP contribution in [-0.2, 0) is 4.79 Å². The molecule has 6 heteroatoms. The molecule has 1 unspecified atom stereocenters. The van der Waals surface area contributed by atoms with Gasteiger partial charge in [0.2, 0.25) is 5.91 Å². The first-order valence-corrected chi connectivity index (χ1v) is 8.58. The van der Waals surface area contributed by atoms with Gasteiger partial charge in [-0.1, -0.05) is 19.1 Å². The molecule has 3 rings (SSSR count). The second-order valence-corrected chi connectivity index (χ2v) is 6.27. The second kappa shape index (κ2) is 7.57. The van der Waals surface area contributed by atoms with E-state index in [1.807, 2.05) is 31.2 Å². The fraction of sp³-hybridized carbons (Fsp3) is 0.500. The van der Waals surface area contributed by atoms with Crippen LogP contribution in [0.15, 0.2) is 30.6 Å². The van der Waals surface area contributed by atoms with Gasteiger partial charge >= 0.3 is 0 Å². The molecule has 2 N–H and O–H groups in total. The molecule has 128 valence electrons. The Labute approximate surface area is 141 Å². The minimum atomic E-state index is -0.138. The maximum atomic E-state index is 12.3. The standard InChI is InChI=1S/C18H24N4O2/c1-2-14(11-23)21-18(24)13-7-9-22(10-8-13)17-15-5-3-4-6-16(15)19-12-20-17/h3-6,12-14,23H,2,7-11H2,1H3,(H,21,24). The van der Waals surface area contributed by atoms with E-state index in [4.69, 9.17) is 0 Å². The molecule has 2 aromatic rings. The predicted octanol–water partition coefficient (Wildman–Crippen LogP) is 1.73. The molecule has 2 heterocycles. The zero-order valence-electron chi connectivity index (χ0n) is 14.0. The Balaban J connectivity index is 1.65. The first-order valence-electron chi connectivity index (χ1n) is 8.58. The first kappa shape index (κ1) is 16.6. The molecule has 0 spiro atoms. The van der Waals surface area contributed by atoms with E-state index in [9.17, 15) is 9.90 Å². The quantitative estimate of drug-likeness (QED) is 0.874. The van der Waals surface area contributed by atoms with Gasteiger partial charge in [0.1, 0.15) is 12.1 Å². The number of nitrogens with one attached hydrogen (secondary N) is 1. The molecule has 6 nitrogen and oxygen atoms in total. The summed E-state index contributed by atoms with van der Waals surface area (Å²) in [6.07, 6.45) is 3.94. The lowest BCUT2D eigenvalue weighted by atomic mass is 9.95. The minimum absolute atomic E-state index is 0.00594. The van der Waals surface area contributed by atoms with Crippen molar-refractivity contribution in [3.8, 4) is 0 Å². The molecule has 1 aliphatic rings. The maximum Gasteiger partial charge on any atom is 0.223 e. The zero-order chi connectivity index (χ0) is 16.9. The van der Waals surface area contributed by atoms with Gasteiger partial charge in [-0.25, -0.2) is 9.97 Å². The average molecular weight is 328 g/mol. The van der Waals surface area contributed by atoms with Gasteiger partial charge in [-0.3, -0.25) is 4.79 Å². The number of anilines is 1. The Bertz CT molecular complexity index is 689. The normalized spacial score (nSPS) is 17.0. The van der Waals surface area contributed by atoms with E-state index in [2.05, 4.69) is 20.2 Å². The maximum absolute atomic E-state index is 12.3. The summed E-state index contributed by atoms with van der Waals surface area (Å²) in [5.41, 5.74) is 0.941. The predicted molar refractivity (Wildman–Crippen MR) is 93.8 cm³/mol. The van der Waals surface area contributed by atoms with Crippen LogP contribution in [0, 0.1) is 5.92 Å². The number of benzene rings is 1. The molecule has 1 aromatic heterocycles. The molecule has 1 saturated heterocycles. The highest BCUT2D eigenvalue weighted by Gasteiger charge is 2.27. The van der Waals surface area contributed by atoms with E-state index in [-0.39, 0.29) is 24.5 Å². The van der Waals surface area contributed by atoms with Gasteiger partial charge in [0.15, 0.2) is 0 Å². The van der Waals surface area contributed by atoms with Crippen molar-refractivity contribution in [3.63, 3.8) is 0 Å². The van der Waals surface area contributed by atoms with E-state index in [0.29, 0.717) is 0 Å². The lowest BCUT2D eigenvalue weighted by Crippen LogP contribution is -2.45. The summed E-state index contributed by atoms with van der Waals surface area (Å²) in [5, 5.41) is 13.2. The molecule has 0 aliphatic carbocycles. The number of aliphatic hydroxyl groups is 1. The molecule has 0 radical (unpaired) electrons. The van der Waals surface area contributed by atoms with Crippen LogP contribution in [0.3, 0.4) is 0 Å². The van der Waals surface area contributed by atoms with Gasteiger partial charge in [-0.15, -0.1) is 0 Å². The van der Waals surface area contributed by atoms with Crippen molar-refractivity contribution in [2.75, 3.05) is 24.6 Å². The number of amides is 1. The van der Waals surface area contributed by atoms with E-state index in [1.165, 1.54) is 0 Å². The van der Waals surface area contributed by atoms with Gasteiger partial charge in [-0.05, 0) is 31.4 Å². The van der Waals surface area contributed by atoms with Crippen LogP contribution >= 0.6 is 0 Å². The molecule has 24 heavy (non-hydrogen) atoms. The van der Waals surface area contributed by atoms with E-state index >= 15 is 0 Å². The van der Waals surface area contributed by atoms with Gasteiger partial charge in [0, 0.05) is 24.4 Å². The molecule has 1 amide bonds. The SMILES string of the molecule is CCC(CO)NC(=O)C1CCN(c2ncnc3ccccc23)CC1. The molecule has 1 aliphatic heterocycles. The number of fused-ring (bicyclic) bond motifs is 1. The molecule has 0 bridgehead atoms. The van der Waals surface area contributed by atoms with Crippen LogP contribution in [0.5, 0.6) is 0 Å². The summed E-state index contributed by atoms with van der Waals surface area (Å²) in [6, 6.07) is 7.86. The highest BCUT2D eigenvalue weighted by atomic mass is 16.3. The van der Waals surface area contributed by atoms with Crippen molar-refractivity contribution in [2.45, 2.75) is 32.2 Å². The number of carbonyl (C=O) groups is 1. The van der Waals surface area contributed by atoms with E-state index < -0.39 is 0 Å². The number of carbonyl (C=O) groups excluding carboxylic acids is 1. The first-order chi connectivity index (χ1) is 11.7. The van der Waals surface area contributed by atoms with Gasteiger partial charge in [-0.2, -0.15) is 0 Å². The lowest BCUT2D eigenvalue weighted by molar-refractivity contribution is -0.126. The fourth-order valence-electron chi connectivity index (χ4n) is 3.19. The van der Waals surface area contributed by atoms with E-state index in [1.54, 1.807) is 6.33 Å². The van der Waals surface area contributed by atoms with Crippen LogP contribution in [0.4, 0.5) is 5.82 Å². The second-order valence-electron chi connectivity index (χ2n) is 6.27. The van der Waals surface area contributed by atoms with Crippen molar-refractivity contribution in [2.24, 2.45) is 5.92 Å². The number of rotatable bonds is 5. The summed E-state index contributed by atoms with van der Waals surface area (Å²) < 4.78 is 0. The summed E-state index contributed by atoms with van der Waals surface area (Å²) >= 11 is 0. The number of hydrogen-bond acceptors (Lipinski definition) is 5. The topological polar surface area (TPSA) is 78.4 Å². The number of aromatic nitrogens is 2. The highest BCUT2D eigenvalue weighted by molar-refractivity contribution is 5.89. The molecule has 1 fully saturated rings. The van der Waals surface area contributed by atoms with Crippen molar-refractivity contribution in [3.05, 3.63) is 30.6 Å². The number of nitrogens with zero attached hydrogens (tertiary/aromatic N) is 3. The monoisotopic (exact) mass is 328 g/mol. The minimum Gasteiger partial charge on any atom is -0.394 e. The summed E-state index contributed by atoms with van der Waals surface area (Å²) in [5.74, 6) is 1.01. The highest BCUT2D eigenvalue weighted by Crippen LogP contribution is 2.27. The summed E-state index contributed by atoms with van der Waals surface area (Å²) in [6.45, 7) is 3.56. The van der Waals surface area contributed by atoms with Crippen LogP contribution in [0.1, 0.15) is 26.2 Å². The summed E-state index contributed by atoms with van der Waals surface area (Å²) in [4.78, 5) is 23.3. The van der Waals surface area contributed by atoms with Gasteiger partial charge in [0.25, 0.3) is 0 Å². The number of aliphatic hydroxyl groups excluding tert-OH is 1. The van der Waals surface area contributed by atoms with Crippen molar-refractivity contribution in [1.29, 1.82) is 0 Å². The Morgan fingerprint density at radius 3 is 2.79 bits per heavy atom. The van der Waals surface area contributed by atoms with Crippen molar-refractivity contribution in [1.82, 2.24) is 15.3 Å².